The summed E-state index contributed by atoms with van der Waals surface area (Å²) in [6.45, 7) is 11.0. The highest BCUT2D eigenvalue weighted by Gasteiger charge is 1.84. The zero-order chi connectivity index (χ0) is 13.9. The maximum absolute atomic E-state index is 10.4. The molecule has 0 aliphatic heterocycles. The molecule has 0 heterocycles. The van der Waals surface area contributed by atoms with Crippen molar-refractivity contribution in [1.29, 1.82) is 0 Å². The van der Waals surface area contributed by atoms with Gasteiger partial charge >= 0.3 is 0 Å². The van der Waals surface area contributed by atoms with Crippen LogP contribution in [0.3, 0.4) is 0 Å². The average molecular weight is 257 g/mol. The standard InChI is InChI=1S/C7H13NOS.C5H8.C2H6/c1-7(9)5-3-4-6-10-8-2;1-3-5-4-2;1-2/h3-4,8H,5-6H2,1-2H3;3-5H,1H2,2H3;1-2H3/b4-3+;5-4+;. The first-order chi connectivity index (χ1) is 8.18. The Labute approximate surface area is 111 Å². The smallest absolute Gasteiger partial charge is 0.133 e. The molecular weight excluding hydrogens is 230 g/mol. The Kier molecular flexibility index (Phi) is 30.9. The normalized spacial score (nSPS) is 9.24. The molecule has 0 aliphatic carbocycles. The minimum Gasteiger partial charge on any atom is -0.300 e. The summed E-state index contributed by atoms with van der Waals surface area (Å²) in [4.78, 5) is 10.4. The minimum atomic E-state index is 0.214. The van der Waals surface area contributed by atoms with Crippen molar-refractivity contribution < 1.29 is 4.79 Å². The lowest BCUT2D eigenvalue weighted by Gasteiger charge is -1.89. The lowest BCUT2D eigenvalue weighted by Crippen LogP contribution is -1.91. The van der Waals surface area contributed by atoms with E-state index in [0.29, 0.717) is 6.42 Å². The van der Waals surface area contributed by atoms with Crippen molar-refractivity contribution in [3.8, 4) is 0 Å². The first-order valence-corrected chi connectivity index (χ1v) is 6.84. The van der Waals surface area contributed by atoms with Crippen molar-refractivity contribution in [2.75, 3.05) is 12.8 Å². The third kappa shape index (κ3) is 39.4. The number of rotatable bonds is 6. The molecule has 0 atom stereocenters. The summed E-state index contributed by atoms with van der Waals surface area (Å²) in [7, 11) is 1.88. The maximum Gasteiger partial charge on any atom is 0.133 e. The fourth-order valence-corrected chi connectivity index (χ4v) is 0.984. The monoisotopic (exact) mass is 257 g/mol. The third-order valence-corrected chi connectivity index (χ3v) is 1.87. The van der Waals surface area contributed by atoms with Crippen molar-refractivity contribution in [1.82, 2.24) is 4.72 Å². The molecule has 0 bridgehead atoms. The molecule has 0 unspecified atom stereocenters. The molecular formula is C14H27NOS. The predicted molar refractivity (Wildman–Crippen MR) is 82.3 cm³/mol. The van der Waals surface area contributed by atoms with Crippen molar-refractivity contribution >= 4 is 17.7 Å². The number of ketones is 1. The van der Waals surface area contributed by atoms with E-state index in [1.54, 1.807) is 24.9 Å². The number of carbonyl (C=O) groups excluding carboxylic acids is 1. The van der Waals surface area contributed by atoms with Crippen molar-refractivity contribution in [2.45, 2.75) is 34.1 Å². The van der Waals surface area contributed by atoms with Gasteiger partial charge in [-0.3, -0.25) is 9.52 Å². The van der Waals surface area contributed by atoms with Crippen LogP contribution >= 0.6 is 11.9 Å². The van der Waals surface area contributed by atoms with E-state index in [1.165, 1.54) is 0 Å². The number of nitrogens with one attached hydrogen (secondary N) is 1. The van der Waals surface area contributed by atoms with Gasteiger partial charge in [-0.25, -0.2) is 0 Å². The van der Waals surface area contributed by atoms with Gasteiger partial charge in [0.2, 0.25) is 0 Å². The fourth-order valence-electron chi connectivity index (χ4n) is 0.585. The molecule has 0 spiro atoms. The molecule has 0 aliphatic rings. The summed E-state index contributed by atoms with van der Waals surface area (Å²) in [5.74, 6) is 1.13. The first kappa shape index (κ1) is 21.5. The Morgan fingerprint density at radius 1 is 1.35 bits per heavy atom. The van der Waals surface area contributed by atoms with E-state index in [4.69, 9.17) is 0 Å². The van der Waals surface area contributed by atoms with Crippen molar-refractivity contribution in [3.63, 3.8) is 0 Å². The quantitative estimate of drug-likeness (QED) is 0.335. The summed E-state index contributed by atoms with van der Waals surface area (Å²) >= 11 is 1.61. The molecule has 0 aromatic heterocycles. The molecule has 0 fully saturated rings. The molecule has 100 valence electrons. The third-order valence-electron chi connectivity index (χ3n) is 1.22. The second kappa shape index (κ2) is 24.4. The zero-order valence-corrected chi connectivity index (χ0v) is 12.6. The van der Waals surface area contributed by atoms with Gasteiger partial charge in [0.15, 0.2) is 0 Å². The van der Waals surface area contributed by atoms with E-state index in [1.807, 2.05) is 52.1 Å². The van der Waals surface area contributed by atoms with Crippen LogP contribution in [-0.4, -0.2) is 18.6 Å². The van der Waals surface area contributed by atoms with Crippen LogP contribution in [0.15, 0.2) is 37.0 Å². The summed E-state index contributed by atoms with van der Waals surface area (Å²) in [6.07, 6.45) is 10.0. The number of hydrogen-bond acceptors (Lipinski definition) is 3. The number of hydrogen-bond donors (Lipinski definition) is 1. The van der Waals surface area contributed by atoms with Gasteiger partial charge in [0, 0.05) is 12.2 Å². The molecule has 0 saturated carbocycles. The highest BCUT2D eigenvalue weighted by molar-refractivity contribution is 7.97. The van der Waals surface area contributed by atoms with Crippen LogP contribution in [-0.2, 0) is 4.79 Å². The molecule has 3 heteroatoms. The van der Waals surface area contributed by atoms with Gasteiger partial charge in [-0.2, -0.15) is 0 Å². The van der Waals surface area contributed by atoms with E-state index >= 15 is 0 Å². The first-order valence-electron chi connectivity index (χ1n) is 5.85. The second-order valence-corrected chi connectivity index (χ2v) is 3.68. The lowest BCUT2D eigenvalue weighted by atomic mass is 10.3. The average Bonchev–Trinajstić information content (AvgIpc) is 2.33. The molecule has 2 nitrogen and oxygen atoms in total. The predicted octanol–water partition coefficient (Wildman–Crippen LogP) is 4.16. The van der Waals surface area contributed by atoms with E-state index < -0.39 is 0 Å². The van der Waals surface area contributed by atoms with Crippen LogP contribution < -0.4 is 4.72 Å². The van der Waals surface area contributed by atoms with E-state index in [-0.39, 0.29) is 5.78 Å². The van der Waals surface area contributed by atoms with Gasteiger partial charge in [0.25, 0.3) is 0 Å². The maximum atomic E-state index is 10.4. The largest absolute Gasteiger partial charge is 0.300 e. The summed E-state index contributed by atoms with van der Waals surface area (Å²) < 4.78 is 2.94. The van der Waals surface area contributed by atoms with E-state index in [0.717, 1.165) is 5.75 Å². The SMILES string of the molecule is C=C/C=C/C.CC.CNSC/C=C/CC(C)=O. The highest BCUT2D eigenvalue weighted by Crippen LogP contribution is 1.92. The second-order valence-electron chi connectivity index (χ2n) is 2.65. The van der Waals surface area contributed by atoms with Crippen LogP contribution in [0.5, 0.6) is 0 Å². The van der Waals surface area contributed by atoms with Gasteiger partial charge in [-0.15, -0.1) is 0 Å². The highest BCUT2D eigenvalue weighted by atomic mass is 32.2. The van der Waals surface area contributed by atoms with Crippen molar-refractivity contribution in [3.05, 3.63) is 37.0 Å². The van der Waals surface area contributed by atoms with Gasteiger partial charge in [0.05, 0.1) is 0 Å². The molecule has 17 heavy (non-hydrogen) atoms. The molecule has 1 N–H and O–H groups in total. The van der Waals surface area contributed by atoms with Gasteiger partial charge < -0.3 is 0 Å². The molecule has 0 saturated heterocycles. The summed E-state index contributed by atoms with van der Waals surface area (Å²) in [6, 6.07) is 0. The van der Waals surface area contributed by atoms with E-state index in [9.17, 15) is 4.79 Å². The van der Waals surface area contributed by atoms with Gasteiger partial charge in [-0.05, 0) is 20.9 Å². The van der Waals surface area contributed by atoms with Crippen molar-refractivity contribution in [2.24, 2.45) is 0 Å². The molecule has 0 rings (SSSR count). The Balaban J connectivity index is -0.000000236. The number of allylic oxidation sites excluding steroid dienone is 4. The van der Waals surface area contributed by atoms with Crippen LogP contribution in [0.25, 0.3) is 0 Å². The van der Waals surface area contributed by atoms with Crippen LogP contribution in [0.2, 0.25) is 0 Å². The Bertz CT molecular complexity index is 210. The zero-order valence-electron chi connectivity index (χ0n) is 11.8. The minimum absolute atomic E-state index is 0.214. The summed E-state index contributed by atoms with van der Waals surface area (Å²) in [5.41, 5.74) is 0. The Morgan fingerprint density at radius 3 is 2.24 bits per heavy atom. The Morgan fingerprint density at radius 2 is 1.94 bits per heavy atom. The van der Waals surface area contributed by atoms with Crippen LogP contribution in [0.4, 0.5) is 0 Å². The fraction of sp³-hybridized carbons (Fsp3) is 0.500. The molecule has 0 radical (unpaired) electrons. The molecule has 0 amide bonds. The molecule has 0 aromatic rings. The number of Topliss-reactive ketones (excluding diaryl/α,β-unsaturated/α-hetero) is 1. The van der Waals surface area contributed by atoms with E-state index in [2.05, 4.69) is 11.3 Å². The lowest BCUT2D eigenvalue weighted by molar-refractivity contribution is -0.116. The molecule has 0 aromatic carbocycles. The van der Waals surface area contributed by atoms with Gasteiger partial charge in [0.1, 0.15) is 5.78 Å². The number of carbonyl (C=O) groups is 1. The van der Waals surface area contributed by atoms with Crippen LogP contribution in [0, 0.1) is 0 Å². The Hall–Kier alpha value is -0.800. The van der Waals surface area contributed by atoms with Crippen LogP contribution in [0.1, 0.15) is 34.1 Å². The van der Waals surface area contributed by atoms with Gasteiger partial charge in [-0.1, -0.05) is 62.8 Å². The topological polar surface area (TPSA) is 29.1 Å². The summed E-state index contributed by atoms with van der Waals surface area (Å²) in [5, 5.41) is 0.